The van der Waals surface area contributed by atoms with Crippen molar-refractivity contribution in [3.63, 3.8) is 0 Å². The summed E-state index contributed by atoms with van der Waals surface area (Å²) in [5.74, 6) is -0.949. The fourth-order valence-corrected chi connectivity index (χ4v) is 1.37. The maximum absolute atomic E-state index is 11.5. The summed E-state index contributed by atoms with van der Waals surface area (Å²) in [4.78, 5) is 34.1. The first kappa shape index (κ1) is 17.4. The predicted molar refractivity (Wildman–Crippen MR) is 70.5 cm³/mol. The van der Waals surface area contributed by atoms with Crippen molar-refractivity contribution in [1.29, 1.82) is 0 Å². The Labute approximate surface area is 113 Å². The van der Waals surface area contributed by atoms with Crippen LogP contribution in [0.2, 0.25) is 0 Å². The molecule has 0 aliphatic rings. The molecule has 0 aromatic heterocycles. The summed E-state index contributed by atoms with van der Waals surface area (Å²) >= 11 is 0. The van der Waals surface area contributed by atoms with E-state index in [1.165, 1.54) is 7.11 Å². The van der Waals surface area contributed by atoms with Crippen LogP contribution in [0, 0.1) is 5.92 Å². The third-order valence-electron chi connectivity index (χ3n) is 2.39. The van der Waals surface area contributed by atoms with Gasteiger partial charge in [0.1, 0.15) is 6.04 Å². The van der Waals surface area contributed by atoms with Gasteiger partial charge in [-0.2, -0.15) is 0 Å². The van der Waals surface area contributed by atoms with Gasteiger partial charge in [0, 0.05) is 6.54 Å². The number of hydrogen-bond acceptors (Lipinski definition) is 5. The van der Waals surface area contributed by atoms with Crippen molar-refractivity contribution < 1.29 is 19.1 Å². The Bertz CT molecular complexity index is 318. The largest absolute Gasteiger partial charge is 0.468 e. The van der Waals surface area contributed by atoms with Gasteiger partial charge in [0.2, 0.25) is 5.91 Å². The molecular weight excluding hydrogens is 250 g/mol. The number of methoxy groups -OCH3 is 1. The minimum Gasteiger partial charge on any atom is -0.468 e. The summed E-state index contributed by atoms with van der Waals surface area (Å²) in [6.07, 6.45) is 0.789. The second kappa shape index (κ2) is 9.32. The lowest BCUT2D eigenvalue weighted by atomic mass is 10.0. The van der Waals surface area contributed by atoms with Crippen LogP contribution in [0.25, 0.3) is 0 Å². The molecule has 0 bridgehead atoms. The lowest BCUT2D eigenvalue weighted by Crippen LogP contribution is -2.49. The summed E-state index contributed by atoms with van der Waals surface area (Å²) in [7, 11) is 1.29. The number of carbonyl (C=O) groups excluding carboxylic acids is 3. The Morgan fingerprint density at radius 1 is 1.21 bits per heavy atom. The van der Waals surface area contributed by atoms with E-state index in [0.717, 1.165) is 6.42 Å². The van der Waals surface area contributed by atoms with E-state index in [1.54, 1.807) is 0 Å². The summed E-state index contributed by atoms with van der Waals surface area (Å²) in [6, 6.07) is -1.11. The molecule has 0 fully saturated rings. The van der Waals surface area contributed by atoms with E-state index >= 15 is 0 Å². The van der Waals surface area contributed by atoms with E-state index in [4.69, 9.17) is 0 Å². The van der Waals surface area contributed by atoms with E-state index in [0.29, 0.717) is 6.54 Å². The van der Waals surface area contributed by atoms with E-state index in [2.05, 4.69) is 20.7 Å². The lowest BCUT2D eigenvalue weighted by Gasteiger charge is -2.19. The standard InChI is InChI=1S/C12H23N3O4/c1-5-6-13-12(18)15-9(16)7-14-10(8(2)3)11(17)19-4/h8,10,14H,5-7H2,1-4H3,(H2,13,15,16,18). The van der Waals surface area contributed by atoms with Crippen LogP contribution in [0.15, 0.2) is 0 Å². The van der Waals surface area contributed by atoms with Crippen LogP contribution in [0.5, 0.6) is 0 Å². The third kappa shape index (κ3) is 7.40. The van der Waals surface area contributed by atoms with Gasteiger partial charge in [-0.15, -0.1) is 0 Å². The molecule has 0 heterocycles. The third-order valence-corrected chi connectivity index (χ3v) is 2.39. The lowest BCUT2D eigenvalue weighted by molar-refractivity contribution is -0.144. The van der Waals surface area contributed by atoms with Crippen LogP contribution in [0.3, 0.4) is 0 Å². The first-order valence-electron chi connectivity index (χ1n) is 6.31. The number of carbonyl (C=O) groups is 3. The molecule has 0 saturated carbocycles. The van der Waals surface area contributed by atoms with Crippen LogP contribution in [0.4, 0.5) is 4.79 Å². The highest BCUT2D eigenvalue weighted by atomic mass is 16.5. The van der Waals surface area contributed by atoms with Gasteiger partial charge in [0.05, 0.1) is 13.7 Å². The van der Waals surface area contributed by atoms with E-state index < -0.39 is 23.9 Å². The van der Waals surface area contributed by atoms with Gasteiger partial charge in [-0.25, -0.2) is 4.79 Å². The number of amides is 3. The molecule has 0 saturated heterocycles. The van der Waals surface area contributed by atoms with Gasteiger partial charge in [-0.05, 0) is 12.3 Å². The first-order valence-corrected chi connectivity index (χ1v) is 6.31. The van der Waals surface area contributed by atoms with E-state index in [9.17, 15) is 14.4 Å². The predicted octanol–water partition coefficient (Wildman–Crippen LogP) is 0.00940. The van der Waals surface area contributed by atoms with Crippen molar-refractivity contribution in [2.75, 3.05) is 20.2 Å². The molecule has 0 aliphatic carbocycles. The molecule has 1 unspecified atom stereocenters. The zero-order valence-corrected chi connectivity index (χ0v) is 11.9. The number of urea groups is 1. The molecule has 0 spiro atoms. The summed E-state index contributed by atoms with van der Waals surface area (Å²) in [6.45, 7) is 5.95. The minimum atomic E-state index is -0.575. The summed E-state index contributed by atoms with van der Waals surface area (Å²) in [5.41, 5.74) is 0. The molecule has 0 rings (SSSR count). The van der Waals surface area contributed by atoms with Gasteiger partial charge in [-0.3, -0.25) is 20.2 Å². The quantitative estimate of drug-likeness (QED) is 0.568. The highest BCUT2D eigenvalue weighted by Gasteiger charge is 2.23. The molecule has 1 atom stereocenters. The van der Waals surface area contributed by atoms with Gasteiger partial charge < -0.3 is 10.1 Å². The van der Waals surface area contributed by atoms with E-state index in [1.807, 2.05) is 20.8 Å². The van der Waals surface area contributed by atoms with Crippen LogP contribution < -0.4 is 16.0 Å². The monoisotopic (exact) mass is 273 g/mol. The average molecular weight is 273 g/mol. The minimum absolute atomic E-state index is 0.0193. The maximum atomic E-state index is 11.5. The van der Waals surface area contributed by atoms with Crippen molar-refractivity contribution in [3.8, 4) is 0 Å². The molecule has 0 radical (unpaired) electrons. The SMILES string of the molecule is CCCNC(=O)NC(=O)CNC(C(=O)OC)C(C)C. The molecule has 19 heavy (non-hydrogen) atoms. The number of esters is 1. The zero-order valence-electron chi connectivity index (χ0n) is 11.9. The normalized spacial score (nSPS) is 11.8. The Hall–Kier alpha value is -1.63. The highest BCUT2D eigenvalue weighted by Crippen LogP contribution is 2.02. The van der Waals surface area contributed by atoms with Gasteiger partial charge in [-0.1, -0.05) is 20.8 Å². The Morgan fingerprint density at radius 2 is 1.84 bits per heavy atom. The molecule has 3 amide bonds. The van der Waals surface area contributed by atoms with Gasteiger partial charge in [0.15, 0.2) is 0 Å². The summed E-state index contributed by atoms with van der Waals surface area (Å²) in [5, 5.41) is 7.44. The number of ether oxygens (including phenoxy) is 1. The number of imide groups is 1. The molecule has 110 valence electrons. The highest BCUT2D eigenvalue weighted by molar-refractivity contribution is 5.95. The fourth-order valence-electron chi connectivity index (χ4n) is 1.37. The van der Waals surface area contributed by atoms with Crippen LogP contribution >= 0.6 is 0 Å². The maximum Gasteiger partial charge on any atom is 0.323 e. The topological polar surface area (TPSA) is 96.5 Å². The van der Waals surface area contributed by atoms with Crippen molar-refractivity contribution >= 4 is 17.9 Å². The Balaban J connectivity index is 4.12. The number of hydrogen-bond donors (Lipinski definition) is 3. The molecule has 7 heteroatoms. The van der Waals surface area contributed by atoms with Crippen LogP contribution in [-0.4, -0.2) is 44.1 Å². The van der Waals surface area contributed by atoms with Crippen molar-refractivity contribution in [2.24, 2.45) is 5.92 Å². The summed E-state index contributed by atoms with van der Waals surface area (Å²) < 4.78 is 4.63. The van der Waals surface area contributed by atoms with Crippen molar-refractivity contribution in [1.82, 2.24) is 16.0 Å². The first-order chi connectivity index (χ1) is 8.92. The molecule has 0 aromatic rings. The van der Waals surface area contributed by atoms with Crippen molar-refractivity contribution in [3.05, 3.63) is 0 Å². The molecule has 7 nitrogen and oxygen atoms in total. The zero-order chi connectivity index (χ0) is 14.8. The van der Waals surface area contributed by atoms with Crippen molar-refractivity contribution in [2.45, 2.75) is 33.2 Å². The Kier molecular flexibility index (Phi) is 8.52. The smallest absolute Gasteiger partial charge is 0.323 e. The fraction of sp³-hybridized carbons (Fsp3) is 0.750. The van der Waals surface area contributed by atoms with E-state index in [-0.39, 0.29) is 12.5 Å². The Morgan fingerprint density at radius 3 is 2.32 bits per heavy atom. The van der Waals surface area contributed by atoms with Gasteiger partial charge in [0.25, 0.3) is 0 Å². The second-order valence-corrected chi connectivity index (χ2v) is 4.43. The molecule has 0 aromatic carbocycles. The van der Waals surface area contributed by atoms with Crippen LogP contribution in [0.1, 0.15) is 27.2 Å². The molecular formula is C12H23N3O4. The number of nitrogens with one attached hydrogen (secondary N) is 3. The number of rotatable bonds is 7. The molecule has 0 aliphatic heterocycles. The van der Waals surface area contributed by atoms with Crippen LogP contribution in [-0.2, 0) is 14.3 Å². The second-order valence-electron chi connectivity index (χ2n) is 4.43. The average Bonchev–Trinajstić information content (AvgIpc) is 2.35. The molecule has 3 N–H and O–H groups in total. The van der Waals surface area contributed by atoms with Gasteiger partial charge >= 0.3 is 12.0 Å².